The lowest BCUT2D eigenvalue weighted by atomic mass is 9.95. The molecule has 0 unspecified atom stereocenters. The number of benzene rings is 1. The Kier molecular flexibility index (Phi) is 7.67. The number of Topliss-reactive ketones (excluding diaryl/α,β-unsaturated/α-hetero) is 1. The highest BCUT2D eigenvalue weighted by atomic mass is 32.1. The molecular formula is C21H24N2O5S. The topological polar surface area (TPSA) is 102 Å². The van der Waals surface area contributed by atoms with Gasteiger partial charge in [0.1, 0.15) is 0 Å². The molecule has 2 N–H and O–H groups in total. The molecule has 0 spiro atoms. The summed E-state index contributed by atoms with van der Waals surface area (Å²) in [5.74, 6) is -1.30. The Morgan fingerprint density at radius 1 is 1.03 bits per heavy atom. The van der Waals surface area contributed by atoms with Gasteiger partial charge in [-0.25, -0.2) is 0 Å². The third-order valence-corrected chi connectivity index (χ3v) is 4.74. The van der Waals surface area contributed by atoms with Gasteiger partial charge in [0.05, 0.1) is 11.3 Å². The Bertz CT molecular complexity index is 867. The van der Waals surface area contributed by atoms with Crippen LogP contribution in [0.1, 0.15) is 47.2 Å². The fraction of sp³-hybridized carbons (Fsp3) is 0.333. The van der Waals surface area contributed by atoms with Crippen LogP contribution in [-0.2, 0) is 14.3 Å². The zero-order chi connectivity index (χ0) is 21.4. The predicted molar refractivity (Wildman–Crippen MR) is 111 cm³/mol. The standard InChI is InChI=1S/C21H24N2O5S/c1-21(2,3)20(27)23-15-8-6-14(7-9-15)16(24)13-28-18(25)10-11-22-19(26)17-5-4-12-29-17/h4-9,12H,10-11,13H2,1-3H3,(H,22,26)(H,23,27). The first kappa shape index (κ1) is 22.3. The molecule has 1 aromatic carbocycles. The van der Waals surface area contributed by atoms with E-state index in [1.807, 2.05) is 20.8 Å². The van der Waals surface area contributed by atoms with Crippen molar-refractivity contribution in [1.82, 2.24) is 5.32 Å². The highest BCUT2D eigenvalue weighted by Crippen LogP contribution is 2.18. The largest absolute Gasteiger partial charge is 0.457 e. The Labute approximate surface area is 173 Å². The fourth-order valence-corrected chi connectivity index (χ4v) is 2.77. The summed E-state index contributed by atoms with van der Waals surface area (Å²) in [6.45, 7) is 5.17. The minimum absolute atomic E-state index is 0.0256. The Balaban J connectivity index is 1.73. The molecule has 7 nitrogen and oxygen atoms in total. The molecule has 8 heteroatoms. The number of nitrogens with one attached hydrogen (secondary N) is 2. The van der Waals surface area contributed by atoms with Gasteiger partial charge in [0, 0.05) is 23.2 Å². The number of carbonyl (C=O) groups excluding carboxylic acids is 4. The summed E-state index contributed by atoms with van der Waals surface area (Å²) in [6.07, 6.45) is -0.0256. The van der Waals surface area contributed by atoms with Gasteiger partial charge >= 0.3 is 5.97 Å². The minimum atomic E-state index is -0.570. The van der Waals surface area contributed by atoms with Gasteiger partial charge in [0.2, 0.25) is 5.91 Å². The molecule has 0 bridgehead atoms. The van der Waals surface area contributed by atoms with Crippen molar-refractivity contribution in [3.63, 3.8) is 0 Å². The predicted octanol–water partition coefficient (Wildman–Crippen LogP) is 3.28. The molecule has 29 heavy (non-hydrogen) atoms. The van der Waals surface area contributed by atoms with Gasteiger partial charge in [-0.1, -0.05) is 26.8 Å². The van der Waals surface area contributed by atoms with Crippen LogP contribution < -0.4 is 10.6 Å². The molecular weight excluding hydrogens is 392 g/mol. The van der Waals surface area contributed by atoms with Crippen LogP contribution in [0.5, 0.6) is 0 Å². The van der Waals surface area contributed by atoms with Crippen molar-refractivity contribution in [2.45, 2.75) is 27.2 Å². The molecule has 0 radical (unpaired) electrons. The van der Waals surface area contributed by atoms with Gasteiger partial charge in [-0.2, -0.15) is 0 Å². The van der Waals surface area contributed by atoms with E-state index >= 15 is 0 Å². The Morgan fingerprint density at radius 2 is 1.72 bits per heavy atom. The molecule has 2 rings (SSSR count). The molecule has 0 aliphatic carbocycles. The van der Waals surface area contributed by atoms with Crippen LogP contribution in [0.3, 0.4) is 0 Å². The monoisotopic (exact) mass is 416 g/mol. The first-order chi connectivity index (χ1) is 13.7. The Morgan fingerprint density at radius 3 is 2.31 bits per heavy atom. The summed E-state index contributed by atoms with van der Waals surface area (Å²) in [5.41, 5.74) is 0.434. The summed E-state index contributed by atoms with van der Waals surface area (Å²) in [4.78, 5) is 48.2. The van der Waals surface area contributed by atoms with Crippen molar-refractivity contribution < 1.29 is 23.9 Å². The third kappa shape index (κ3) is 7.15. The molecule has 0 saturated heterocycles. The zero-order valence-corrected chi connectivity index (χ0v) is 17.4. The molecule has 154 valence electrons. The number of carbonyl (C=O) groups is 4. The highest BCUT2D eigenvalue weighted by Gasteiger charge is 2.21. The highest BCUT2D eigenvalue weighted by molar-refractivity contribution is 7.12. The molecule has 0 fully saturated rings. The molecule has 0 aliphatic heterocycles. The van der Waals surface area contributed by atoms with E-state index in [1.54, 1.807) is 41.8 Å². The second-order valence-corrected chi connectivity index (χ2v) is 8.30. The van der Waals surface area contributed by atoms with Crippen LogP contribution in [0.2, 0.25) is 0 Å². The van der Waals surface area contributed by atoms with E-state index in [0.717, 1.165) is 0 Å². The molecule has 0 aliphatic rings. The number of hydrogen-bond acceptors (Lipinski definition) is 6. The second kappa shape index (κ2) is 9.97. The van der Waals surface area contributed by atoms with Gasteiger partial charge in [-0.15, -0.1) is 11.3 Å². The van der Waals surface area contributed by atoms with E-state index in [4.69, 9.17) is 4.74 Å². The second-order valence-electron chi connectivity index (χ2n) is 7.35. The van der Waals surface area contributed by atoms with E-state index in [-0.39, 0.29) is 37.2 Å². The summed E-state index contributed by atoms with van der Waals surface area (Å²) < 4.78 is 4.96. The maximum absolute atomic E-state index is 12.1. The summed E-state index contributed by atoms with van der Waals surface area (Å²) in [7, 11) is 0. The Hall–Kier alpha value is -3.00. The number of thiophene rings is 1. The van der Waals surface area contributed by atoms with Crippen molar-refractivity contribution in [3.8, 4) is 0 Å². The normalized spacial score (nSPS) is 10.9. The molecule has 1 heterocycles. The van der Waals surface area contributed by atoms with E-state index in [2.05, 4.69) is 10.6 Å². The van der Waals surface area contributed by atoms with Crippen molar-refractivity contribution in [3.05, 3.63) is 52.2 Å². The van der Waals surface area contributed by atoms with Gasteiger partial charge in [0.15, 0.2) is 12.4 Å². The van der Waals surface area contributed by atoms with Crippen LogP contribution in [-0.4, -0.2) is 36.7 Å². The van der Waals surface area contributed by atoms with Gasteiger partial charge in [0.25, 0.3) is 5.91 Å². The smallest absolute Gasteiger partial charge is 0.308 e. The number of ether oxygens (including phenoxy) is 1. The van der Waals surface area contributed by atoms with Crippen molar-refractivity contribution in [2.75, 3.05) is 18.5 Å². The van der Waals surface area contributed by atoms with E-state index in [0.29, 0.717) is 16.1 Å². The molecule has 1 aromatic heterocycles. The molecule has 2 amide bonds. The lowest BCUT2D eigenvalue weighted by Crippen LogP contribution is -2.27. The van der Waals surface area contributed by atoms with Gasteiger partial charge < -0.3 is 15.4 Å². The van der Waals surface area contributed by atoms with Crippen LogP contribution >= 0.6 is 11.3 Å². The summed E-state index contributed by atoms with van der Waals surface area (Å²) >= 11 is 1.31. The molecule has 0 atom stereocenters. The summed E-state index contributed by atoms with van der Waals surface area (Å²) in [6, 6.07) is 9.84. The first-order valence-corrected chi connectivity index (χ1v) is 9.97. The quantitative estimate of drug-likeness (QED) is 0.508. The number of hydrogen-bond donors (Lipinski definition) is 2. The molecule has 0 saturated carbocycles. The minimum Gasteiger partial charge on any atom is -0.457 e. The van der Waals surface area contributed by atoms with E-state index in [1.165, 1.54) is 11.3 Å². The van der Waals surface area contributed by atoms with E-state index < -0.39 is 11.4 Å². The third-order valence-electron chi connectivity index (χ3n) is 3.87. The van der Waals surface area contributed by atoms with Crippen LogP contribution in [0.25, 0.3) is 0 Å². The lowest BCUT2D eigenvalue weighted by molar-refractivity contribution is -0.142. The van der Waals surface area contributed by atoms with Crippen LogP contribution in [0.4, 0.5) is 5.69 Å². The maximum Gasteiger partial charge on any atom is 0.308 e. The number of amides is 2. The first-order valence-electron chi connectivity index (χ1n) is 9.09. The van der Waals surface area contributed by atoms with Crippen molar-refractivity contribution >= 4 is 40.6 Å². The number of rotatable bonds is 8. The number of ketones is 1. The van der Waals surface area contributed by atoms with Gasteiger partial charge in [-0.05, 0) is 35.7 Å². The van der Waals surface area contributed by atoms with E-state index in [9.17, 15) is 19.2 Å². The van der Waals surface area contributed by atoms with Crippen molar-refractivity contribution in [1.29, 1.82) is 0 Å². The average molecular weight is 416 g/mol. The van der Waals surface area contributed by atoms with Crippen LogP contribution in [0.15, 0.2) is 41.8 Å². The average Bonchev–Trinajstić information content (AvgIpc) is 3.20. The van der Waals surface area contributed by atoms with Crippen LogP contribution in [0, 0.1) is 5.41 Å². The number of esters is 1. The van der Waals surface area contributed by atoms with Gasteiger partial charge in [-0.3, -0.25) is 19.2 Å². The zero-order valence-electron chi connectivity index (χ0n) is 16.6. The maximum atomic E-state index is 12.1. The number of anilines is 1. The van der Waals surface area contributed by atoms with Crippen molar-refractivity contribution in [2.24, 2.45) is 5.41 Å². The lowest BCUT2D eigenvalue weighted by Gasteiger charge is -2.17. The molecule has 2 aromatic rings. The fourth-order valence-electron chi connectivity index (χ4n) is 2.13. The summed E-state index contributed by atoms with van der Waals surface area (Å²) in [5, 5.41) is 7.18. The SMILES string of the molecule is CC(C)(C)C(=O)Nc1ccc(C(=O)COC(=O)CCNC(=O)c2cccs2)cc1.